The van der Waals surface area contributed by atoms with Crippen molar-refractivity contribution in [2.24, 2.45) is 0 Å². The highest BCUT2D eigenvalue weighted by molar-refractivity contribution is 5.78. The quantitative estimate of drug-likeness (QED) is 0.771. The molecule has 1 aliphatic heterocycles. The molecule has 0 saturated carbocycles. The first kappa shape index (κ1) is 13.9. The van der Waals surface area contributed by atoms with Crippen molar-refractivity contribution in [2.75, 3.05) is 5.32 Å². The Morgan fingerprint density at radius 3 is 3.04 bits per heavy atom. The van der Waals surface area contributed by atoms with Crippen molar-refractivity contribution in [3.8, 4) is 0 Å². The zero-order valence-electron chi connectivity index (χ0n) is 12.7. The molecule has 23 heavy (non-hydrogen) atoms. The lowest BCUT2D eigenvalue weighted by atomic mass is 10.2. The first-order valence-electron chi connectivity index (χ1n) is 7.95. The third-order valence-electron chi connectivity index (χ3n) is 4.21. The van der Waals surface area contributed by atoms with Crippen molar-refractivity contribution in [1.82, 2.24) is 24.7 Å². The Bertz CT molecular complexity index is 897. The number of hydrogen-bond acceptors (Lipinski definition) is 5. The summed E-state index contributed by atoms with van der Waals surface area (Å²) in [5, 5.41) is 12.3. The number of aromatic nitrogens is 5. The summed E-state index contributed by atoms with van der Waals surface area (Å²) in [4.78, 5) is 19.3. The Morgan fingerprint density at radius 1 is 1.17 bits per heavy atom. The second-order valence-corrected chi connectivity index (χ2v) is 5.78. The summed E-state index contributed by atoms with van der Waals surface area (Å²) >= 11 is 0. The topological polar surface area (TPSA) is 88.5 Å². The van der Waals surface area contributed by atoms with E-state index in [1.165, 1.54) is 12.8 Å². The van der Waals surface area contributed by atoms with Crippen LogP contribution in [0.25, 0.3) is 10.9 Å². The fourth-order valence-electron chi connectivity index (χ4n) is 3.01. The van der Waals surface area contributed by atoms with Crippen LogP contribution in [0.1, 0.15) is 30.9 Å². The van der Waals surface area contributed by atoms with Crippen molar-refractivity contribution in [2.45, 2.75) is 38.8 Å². The third-order valence-corrected chi connectivity index (χ3v) is 4.21. The van der Waals surface area contributed by atoms with E-state index >= 15 is 0 Å². The van der Waals surface area contributed by atoms with E-state index in [9.17, 15) is 4.79 Å². The zero-order valence-corrected chi connectivity index (χ0v) is 12.7. The Balaban J connectivity index is 1.58. The molecule has 2 aromatic heterocycles. The number of aromatic amines is 1. The molecule has 2 N–H and O–H groups in total. The molecule has 4 rings (SSSR count). The van der Waals surface area contributed by atoms with Crippen LogP contribution in [0.4, 0.5) is 5.95 Å². The fraction of sp³-hybridized carbons (Fsp3) is 0.375. The van der Waals surface area contributed by atoms with Gasteiger partial charge < -0.3 is 9.88 Å². The second-order valence-electron chi connectivity index (χ2n) is 5.78. The molecule has 0 radical (unpaired) electrons. The van der Waals surface area contributed by atoms with Crippen LogP contribution in [-0.2, 0) is 19.5 Å². The van der Waals surface area contributed by atoms with Crippen molar-refractivity contribution in [1.29, 1.82) is 0 Å². The van der Waals surface area contributed by atoms with Crippen molar-refractivity contribution >= 4 is 16.9 Å². The number of fused-ring (bicyclic) bond motifs is 2. The molecule has 7 nitrogen and oxygen atoms in total. The molecule has 0 spiro atoms. The fourth-order valence-corrected chi connectivity index (χ4v) is 3.01. The van der Waals surface area contributed by atoms with Gasteiger partial charge in [0.1, 0.15) is 5.82 Å². The number of anilines is 1. The predicted octanol–water partition coefficient (Wildman–Crippen LogP) is 1.85. The Kier molecular flexibility index (Phi) is 3.53. The number of benzene rings is 1. The van der Waals surface area contributed by atoms with Crippen LogP contribution in [0.15, 0.2) is 29.1 Å². The summed E-state index contributed by atoms with van der Waals surface area (Å²) in [5.41, 5.74) is 0.539. The van der Waals surface area contributed by atoms with Gasteiger partial charge in [0.05, 0.1) is 17.4 Å². The maximum atomic E-state index is 12.1. The maximum absolute atomic E-state index is 12.1. The molecule has 0 saturated heterocycles. The van der Waals surface area contributed by atoms with E-state index in [2.05, 4.69) is 30.0 Å². The normalized spacial score (nSPS) is 14.4. The van der Waals surface area contributed by atoms with E-state index in [1.807, 2.05) is 18.2 Å². The molecular weight excluding hydrogens is 292 g/mol. The lowest BCUT2D eigenvalue weighted by molar-refractivity contribution is 0.609. The van der Waals surface area contributed by atoms with Crippen molar-refractivity contribution < 1.29 is 0 Å². The molecule has 0 amide bonds. The second kappa shape index (κ2) is 5.83. The molecule has 1 aromatic carbocycles. The lowest BCUT2D eigenvalue weighted by Crippen LogP contribution is -2.15. The Labute approximate surface area is 132 Å². The van der Waals surface area contributed by atoms with Crippen LogP contribution >= 0.6 is 0 Å². The van der Waals surface area contributed by atoms with Gasteiger partial charge in [-0.2, -0.15) is 0 Å². The van der Waals surface area contributed by atoms with E-state index in [-0.39, 0.29) is 5.56 Å². The van der Waals surface area contributed by atoms with Gasteiger partial charge in [-0.05, 0) is 25.0 Å². The standard InChI is InChI=1S/C16H18N6O/c23-15-11-6-3-4-7-12(11)18-16(19-15)17-10-14-21-20-13-8-2-1-5-9-22(13)14/h3-4,6-7H,1-2,5,8-10H2,(H2,17,18,19,23). The van der Waals surface area contributed by atoms with Gasteiger partial charge in [0.2, 0.25) is 5.95 Å². The van der Waals surface area contributed by atoms with Gasteiger partial charge in [0, 0.05) is 13.0 Å². The average Bonchev–Trinajstić information content (AvgIpc) is 2.79. The average molecular weight is 310 g/mol. The molecule has 1 aliphatic rings. The molecule has 0 unspecified atom stereocenters. The van der Waals surface area contributed by atoms with Crippen LogP contribution < -0.4 is 10.9 Å². The summed E-state index contributed by atoms with van der Waals surface area (Å²) in [6.07, 6.45) is 4.54. The number of aryl methyl sites for hydroxylation is 1. The highest BCUT2D eigenvalue weighted by Gasteiger charge is 2.14. The van der Waals surface area contributed by atoms with Crippen LogP contribution in [0, 0.1) is 0 Å². The molecule has 0 aliphatic carbocycles. The van der Waals surface area contributed by atoms with Gasteiger partial charge >= 0.3 is 0 Å². The number of nitrogens with zero attached hydrogens (tertiary/aromatic N) is 4. The molecule has 0 bridgehead atoms. The molecule has 3 aromatic rings. The number of para-hydroxylation sites is 1. The van der Waals surface area contributed by atoms with E-state index in [4.69, 9.17) is 0 Å². The largest absolute Gasteiger partial charge is 0.348 e. The minimum Gasteiger partial charge on any atom is -0.348 e. The maximum Gasteiger partial charge on any atom is 0.260 e. The summed E-state index contributed by atoms with van der Waals surface area (Å²) in [7, 11) is 0. The van der Waals surface area contributed by atoms with Crippen LogP contribution in [0.3, 0.4) is 0 Å². The van der Waals surface area contributed by atoms with E-state index in [0.29, 0.717) is 23.4 Å². The molecule has 118 valence electrons. The first-order valence-corrected chi connectivity index (χ1v) is 7.95. The lowest BCUT2D eigenvalue weighted by Gasteiger charge is -2.08. The van der Waals surface area contributed by atoms with Crippen molar-refractivity contribution in [3.05, 3.63) is 46.3 Å². The number of hydrogen-bond donors (Lipinski definition) is 2. The van der Waals surface area contributed by atoms with E-state index in [0.717, 1.165) is 31.0 Å². The van der Waals surface area contributed by atoms with Gasteiger partial charge in [0.15, 0.2) is 5.82 Å². The highest BCUT2D eigenvalue weighted by Crippen LogP contribution is 2.15. The van der Waals surface area contributed by atoms with Crippen LogP contribution in [0.5, 0.6) is 0 Å². The first-order chi connectivity index (χ1) is 11.3. The number of nitrogens with one attached hydrogen (secondary N) is 2. The summed E-state index contributed by atoms with van der Waals surface area (Å²) < 4.78 is 2.18. The molecule has 3 heterocycles. The molecular formula is C16H18N6O. The highest BCUT2D eigenvalue weighted by atomic mass is 16.1. The summed E-state index contributed by atoms with van der Waals surface area (Å²) in [6.45, 7) is 1.45. The monoisotopic (exact) mass is 310 g/mol. The van der Waals surface area contributed by atoms with Gasteiger partial charge in [-0.3, -0.25) is 9.78 Å². The van der Waals surface area contributed by atoms with Crippen molar-refractivity contribution in [3.63, 3.8) is 0 Å². The van der Waals surface area contributed by atoms with Crippen LogP contribution in [-0.4, -0.2) is 24.7 Å². The number of H-pyrrole nitrogens is 1. The Hall–Kier alpha value is -2.70. The third kappa shape index (κ3) is 2.69. The molecule has 0 fully saturated rings. The van der Waals surface area contributed by atoms with E-state index < -0.39 is 0 Å². The summed E-state index contributed by atoms with van der Waals surface area (Å²) in [6, 6.07) is 7.30. The molecule has 0 atom stereocenters. The predicted molar refractivity (Wildman–Crippen MR) is 87.3 cm³/mol. The molecule has 7 heteroatoms. The number of rotatable bonds is 3. The van der Waals surface area contributed by atoms with Crippen LogP contribution in [0.2, 0.25) is 0 Å². The van der Waals surface area contributed by atoms with E-state index in [1.54, 1.807) is 6.07 Å². The minimum absolute atomic E-state index is 0.141. The SMILES string of the molecule is O=c1[nH]c(NCc2nnc3n2CCCCC3)nc2ccccc12. The van der Waals surface area contributed by atoms with Gasteiger partial charge in [-0.1, -0.05) is 18.6 Å². The van der Waals surface area contributed by atoms with Gasteiger partial charge in [-0.25, -0.2) is 4.98 Å². The van der Waals surface area contributed by atoms with Gasteiger partial charge in [-0.15, -0.1) is 10.2 Å². The zero-order chi connectivity index (χ0) is 15.6. The smallest absolute Gasteiger partial charge is 0.260 e. The summed E-state index contributed by atoms with van der Waals surface area (Å²) in [5.74, 6) is 2.40. The minimum atomic E-state index is -0.141. The van der Waals surface area contributed by atoms with Gasteiger partial charge in [0.25, 0.3) is 5.56 Å². The Morgan fingerprint density at radius 2 is 2.09 bits per heavy atom.